The highest BCUT2D eigenvalue weighted by Crippen LogP contribution is 2.22. The summed E-state index contributed by atoms with van der Waals surface area (Å²) in [4.78, 5) is 15.9. The van der Waals surface area contributed by atoms with E-state index in [0.717, 1.165) is 28.5 Å². The van der Waals surface area contributed by atoms with Crippen molar-refractivity contribution in [3.63, 3.8) is 0 Å². The third kappa shape index (κ3) is 2.24. The Hall–Kier alpha value is -2.01. The molecule has 0 atom stereocenters. The minimum Gasteiger partial charge on any atom is -0.348 e. The first kappa shape index (κ1) is 10.2. The maximum atomic E-state index is 4.59. The zero-order chi connectivity index (χ0) is 11.5. The Morgan fingerprint density at radius 3 is 2.82 bits per heavy atom. The third-order valence-electron chi connectivity index (χ3n) is 2.40. The van der Waals surface area contributed by atoms with E-state index in [0.29, 0.717) is 0 Å². The fourth-order valence-corrected chi connectivity index (χ4v) is 2.39. The zero-order valence-corrected chi connectivity index (χ0v) is 9.81. The highest BCUT2D eigenvalue weighted by Gasteiger charge is 2.05. The van der Waals surface area contributed by atoms with E-state index >= 15 is 0 Å². The smallest absolute Gasteiger partial charge is 0.112 e. The van der Waals surface area contributed by atoms with Crippen LogP contribution in [0.25, 0.3) is 11.3 Å². The van der Waals surface area contributed by atoms with Crippen LogP contribution in [-0.4, -0.2) is 19.9 Å². The molecule has 0 aliphatic heterocycles. The van der Waals surface area contributed by atoms with Crippen LogP contribution >= 0.6 is 11.3 Å². The van der Waals surface area contributed by atoms with Crippen molar-refractivity contribution in [2.45, 2.75) is 6.42 Å². The largest absolute Gasteiger partial charge is 0.348 e. The molecular weight excluding hydrogens is 232 g/mol. The normalized spacial score (nSPS) is 10.6. The topological polar surface area (TPSA) is 54.5 Å². The number of nitrogens with zero attached hydrogens (tertiary/aromatic N) is 3. The van der Waals surface area contributed by atoms with Crippen molar-refractivity contribution in [3.05, 3.63) is 53.1 Å². The molecule has 3 heterocycles. The summed E-state index contributed by atoms with van der Waals surface area (Å²) in [6.45, 7) is 0. The molecule has 1 N–H and O–H groups in total. The molecule has 0 aromatic carbocycles. The number of H-pyrrole nitrogens is 1. The summed E-state index contributed by atoms with van der Waals surface area (Å²) < 4.78 is 0. The lowest BCUT2D eigenvalue weighted by atomic mass is 10.2. The van der Waals surface area contributed by atoms with Crippen molar-refractivity contribution >= 4 is 11.3 Å². The number of hydrogen-bond acceptors (Lipinski definition) is 4. The minimum atomic E-state index is 0.753. The Morgan fingerprint density at radius 2 is 2.06 bits per heavy atom. The van der Waals surface area contributed by atoms with Crippen LogP contribution in [0.15, 0.2) is 42.3 Å². The summed E-state index contributed by atoms with van der Waals surface area (Å²) >= 11 is 1.65. The maximum Gasteiger partial charge on any atom is 0.112 e. The quantitative estimate of drug-likeness (QED) is 0.767. The van der Waals surface area contributed by atoms with Crippen LogP contribution in [0.5, 0.6) is 0 Å². The fourth-order valence-electron chi connectivity index (χ4n) is 1.59. The zero-order valence-electron chi connectivity index (χ0n) is 9.00. The van der Waals surface area contributed by atoms with Gasteiger partial charge in [-0.15, -0.1) is 11.3 Å². The Morgan fingerprint density at radius 1 is 1.18 bits per heavy atom. The second-order valence-electron chi connectivity index (χ2n) is 3.58. The molecular formula is C12H10N4S. The van der Waals surface area contributed by atoms with E-state index in [1.54, 1.807) is 29.9 Å². The van der Waals surface area contributed by atoms with Crippen molar-refractivity contribution in [2.24, 2.45) is 0 Å². The summed E-state index contributed by atoms with van der Waals surface area (Å²) in [5.41, 5.74) is 2.10. The predicted molar refractivity (Wildman–Crippen MR) is 66.7 cm³/mol. The molecule has 3 aromatic rings. The van der Waals surface area contributed by atoms with Crippen LogP contribution in [0.1, 0.15) is 10.8 Å². The van der Waals surface area contributed by atoms with E-state index in [2.05, 4.69) is 25.3 Å². The highest BCUT2D eigenvalue weighted by molar-refractivity contribution is 7.10. The van der Waals surface area contributed by atoms with Gasteiger partial charge in [-0.1, -0.05) is 0 Å². The van der Waals surface area contributed by atoms with Crippen LogP contribution in [0.2, 0.25) is 0 Å². The molecule has 4 nitrogen and oxygen atoms in total. The standard InChI is InChI=1S/C12H10N4S/c1-3-13-4-2-9(1)10-8-17-12(16-10)7-11-14-5-6-15-11/h1-6,8H,7H2,(H,14,15). The third-order valence-corrected chi connectivity index (χ3v) is 3.25. The average molecular weight is 242 g/mol. The van der Waals surface area contributed by atoms with Crippen LogP contribution in [0, 0.1) is 0 Å². The summed E-state index contributed by atoms with van der Waals surface area (Å²) in [7, 11) is 0. The number of hydrogen-bond donors (Lipinski definition) is 1. The Kier molecular flexibility index (Phi) is 2.67. The first-order valence-electron chi connectivity index (χ1n) is 5.25. The van der Waals surface area contributed by atoms with Gasteiger partial charge in [-0.25, -0.2) is 9.97 Å². The molecule has 0 unspecified atom stereocenters. The summed E-state index contributed by atoms with van der Waals surface area (Å²) in [6.07, 6.45) is 7.89. The number of aromatic nitrogens is 4. The predicted octanol–water partition coefficient (Wildman–Crippen LogP) is 2.52. The lowest BCUT2D eigenvalue weighted by Crippen LogP contribution is -1.89. The molecule has 0 amide bonds. The molecule has 5 heteroatoms. The number of nitrogens with one attached hydrogen (secondary N) is 1. The lowest BCUT2D eigenvalue weighted by molar-refractivity contribution is 1.01. The van der Waals surface area contributed by atoms with Crippen molar-refractivity contribution in [1.29, 1.82) is 0 Å². The molecule has 0 saturated carbocycles. The molecule has 0 fully saturated rings. The number of pyridine rings is 1. The van der Waals surface area contributed by atoms with Crippen molar-refractivity contribution in [3.8, 4) is 11.3 Å². The summed E-state index contributed by atoms with van der Waals surface area (Å²) in [5.74, 6) is 0.945. The molecule has 3 aromatic heterocycles. The van der Waals surface area contributed by atoms with Crippen LogP contribution in [-0.2, 0) is 6.42 Å². The van der Waals surface area contributed by atoms with Crippen LogP contribution in [0.3, 0.4) is 0 Å². The lowest BCUT2D eigenvalue weighted by Gasteiger charge is -1.94. The summed E-state index contributed by atoms with van der Waals surface area (Å²) in [5, 5.41) is 3.12. The Balaban J connectivity index is 1.84. The molecule has 17 heavy (non-hydrogen) atoms. The SMILES string of the molecule is c1cc(-c2csc(Cc3ncc[nH]3)n2)ccn1. The monoisotopic (exact) mass is 242 g/mol. The van der Waals surface area contributed by atoms with Gasteiger partial charge in [0.2, 0.25) is 0 Å². The molecule has 3 rings (SSSR count). The first-order valence-corrected chi connectivity index (χ1v) is 6.13. The van der Waals surface area contributed by atoms with Gasteiger partial charge in [-0.05, 0) is 12.1 Å². The van der Waals surface area contributed by atoms with E-state index in [1.165, 1.54) is 0 Å². The van der Waals surface area contributed by atoms with Gasteiger partial charge in [0, 0.05) is 35.7 Å². The Labute approximate surface area is 102 Å². The van der Waals surface area contributed by atoms with Crippen LogP contribution < -0.4 is 0 Å². The summed E-state index contributed by atoms with van der Waals surface area (Å²) in [6, 6.07) is 3.93. The number of imidazole rings is 1. The molecule has 0 radical (unpaired) electrons. The van der Waals surface area contributed by atoms with Crippen molar-refractivity contribution in [2.75, 3.05) is 0 Å². The molecule has 0 bridgehead atoms. The second-order valence-corrected chi connectivity index (χ2v) is 4.52. The average Bonchev–Trinajstić information content (AvgIpc) is 3.02. The first-order chi connectivity index (χ1) is 8.42. The van der Waals surface area contributed by atoms with E-state index in [4.69, 9.17) is 0 Å². The van der Waals surface area contributed by atoms with Gasteiger partial charge >= 0.3 is 0 Å². The van der Waals surface area contributed by atoms with Gasteiger partial charge < -0.3 is 4.98 Å². The van der Waals surface area contributed by atoms with Crippen molar-refractivity contribution in [1.82, 2.24) is 19.9 Å². The van der Waals surface area contributed by atoms with Gasteiger partial charge in [-0.3, -0.25) is 4.98 Å². The second kappa shape index (κ2) is 4.47. The van der Waals surface area contributed by atoms with Gasteiger partial charge in [0.15, 0.2) is 0 Å². The van der Waals surface area contributed by atoms with E-state index in [9.17, 15) is 0 Å². The van der Waals surface area contributed by atoms with Gasteiger partial charge in [0.05, 0.1) is 12.1 Å². The molecule has 0 aliphatic rings. The number of rotatable bonds is 3. The number of thiazole rings is 1. The highest BCUT2D eigenvalue weighted by atomic mass is 32.1. The van der Waals surface area contributed by atoms with E-state index in [-0.39, 0.29) is 0 Å². The Bertz CT molecular complexity index is 586. The van der Waals surface area contributed by atoms with Gasteiger partial charge in [0.25, 0.3) is 0 Å². The molecule has 0 spiro atoms. The fraction of sp³-hybridized carbons (Fsp3) is 0.0833. The van der Waals surface area contributed by atoms with E-state index in [1.807, 2.05) is 18.3 Å². The van der Waals surface area contributed by atoms with Gasteiger partial charge in [0.1, 0.15) is 10.8 Å². The van der Waals surface area contributed by atoms with Gasteiger partial charge in [-0.2, -0.15) is 0 Å². The van der Waals surface area contributed by atoms with Crippen LogP contribution in [0.4, 0.5) is 0 Å². The van der Waals surface area contributed by atoms with E-state index < -0.39 is 0 Å². The maximum absolute atomic E-state index is 4.59. The van der Waals surface area contributed by atoms with Crippen molar-refractivity contribution < 1.29 is 0 Å². The molecule has 0 saturated heterocycles. The molecule has 0 aliphatic carbocycles. The number of aromatic amines is 1. The minimum absolute atomic E-state index is 0.753. The molecule has 84 valence electrons.